The van der Waals surface area contributed by atoms with E-state index in [1.807, 2.05) is 13.8 Å². The van der Waals surface area contributed by atoms with Gasteiger partial charge in [-0.1, -0.05) is 26.0 Å². The van der Waals surface area contributed by atoms with E-state index in [0.29, 0.717) is 35.4 Å². The van der Waals surface area contributed by atoms with E-state index in [2.05, 4.69) is 25.0 Å². The Kier molecular flexibility index (Phi) is 16.3. The number of ether oxygens (including phenoxy) is 2. The Morgan fingerprint density at radius 2 is 1.80 bits per heavy atom. The van der Waals surface area contributed by atoms with Gasteiger partial charge < -0.3 is 29.4 Å². The van der Waals surface area contributed by atoms with Gasteiger partial charge in [0, 0.05) is 31.2 Å². The van der Waals surface area contributed by atoms with Crippen molar-refractivity contribution in [2.24, 2.45) is 5.34 Å². The van der Waals surface area contributed by atoms with Crippen LogP contribution < -0.4 is 4.31 Å². The van der Waals surface area contributed by atoms with E-state index in [9.17, 15) is 42.8 Å². The Morgan fingerprint density at radius 3 is 2.39 bits per heavy atom. The summed E-state index contributed by atoms with van der Waals surface area (Å²) >= 11 is 0. The molecular formula is C30H42FN5O12S. The molecule has 49 heavy (non-hydrogen) atoms. The van der Waals surface area contributed by atoms with Crippen LogP contribution in [0.2, 0.25) is 0 Å². The number of sulfonamides is 1. The highest BCUT2D eigenvalue weighted by atomic mass is 32.2. The van der Waals surface area contributed by atoms with Gasteiger partial charge in [0.15, 0.2) is 17.5 Å². The Labute approximate surface area is 283 Å². The zero-order valence-corrected chi connectivity index (χ0v) is 28.6. The Balaban J connectivity index is 1.98. The SMILES string of the molecule is CC(C)c1nc(N(C)S(C)(=O)=O)nc(-c2ccc(F)cc2)c1/C=C/C(O)CC(O)CC(=O)OCCCCOCC(O[N+](=O)[O-])C(C)ON=O. The van der Waals surface area contributed by atoms with Crippen molar-refractivity contribution in [2.45, 2.75) is 76.8 Å². The molecule has 19 heteroatoms. The third-order valence-electron chi connectivity index (χ3n) is 6.99. The van der Waals surface area contributed by atoms with E-state index in [0.717, 1.165) is 10.6 Å². The van der Waals surface area contributed by atoms with Crippen LogP contribution in [-0.2, 0) is 34.0 Å². The van der Waals surface area contributed by atoms with Crippen molar-refractivity contribution in [2.75, 3.05) is 37.4 Å². The maximum Gasteiger partial charge on any atom is 0.308 e. The Morgan fingerprint density at radius 1 is 1.14 bits per heavy atom. The topological polar surface area (TPSA) is 230 Å². The molecule has 1 aromatic heterocycles. The summed E-state index contributed by atoms with van der Waals surface area (Å²) in [6, 6.07) is 5.44. The van der Waals surface area contributed by atoms with Crippen LogP contribution in [0.5, 0.6) is 0 Å². The summed E-state index contributed by atoms with van der Waals surface area (Å²) in [5.74, 6) is -1.49. The molecule has 2 N–H and O–H groups in total. The number of esters is 1. The van der Waals surface area contributed by atoms with Crippen LogP contribution in [-0.4, -0.2) is 97.2 Å². The van der Waals surface area contributed by atoms with Crippen LogP contribution in [0.3, 0.4) is 0 Å². The van der Waals surface area contributed by atoms with Gasteiger partial charge in [0.05, 0.1) is 49.5 Å². The number of unbranched alkanes of at least 4 members (excludes halogenated alkanes) is 1. The monoisotopic (exact) mass is 715 g/mol. The molecule has 4 atom stereocenters. The lowest BCUT2D eigenvalue weighted by atomic mass is 9.97. The molecule has 0 saturated carbocycles. The summed E-state index contributed by atoms with van der Waals surface area (Å²) < 4.78 is 49.5. The number of hydrogen-bond donors (Lipinski definition) is 2. The number of aliphatic hydroxyl groups excluding tert-OH is 2. The second-order valence-corrected chi connectivity index (χ2v) is 13.4. The van der Waals surface area contributed by atoms with Crippen LogP contribution in [0.4, 0.5) is 10.3 Å². The van der Waals surface area contributed by atoms with Gasteiger partial charge in [-0.15, -0.1) is 15.0 Å². The van der Waals surface area contributed by atoms with Crippen molar-refractivity contribution in [3.8, 4) is 11.3 Å². The molecule has 17 nitrogen and oxygen atoms in total. The van der Waals surface area contributed by atoms with Gasteiger partial charge in [0.2, 0.25) is 16.0 Å². The van der Waals surface area contributed by atoms with Gasteiger partial charge in [-0.3, -0.25) is 4.79 Å². The van der Waals surface area contributed by atoms with Crippen LogP contribution >= 0.6 is 0 Å². The molecule has 1 aromatic carbocycles. The number of carbonyl (C=O) groups is 1. The second kappa shape index (κ2) is 19.6. The third kappa shape index (κ3) is 14.0. The van der Waals surface area contributed by atoms with Crippen LogP contribution in [0.25, 0.3) is 17.3 Å². The van der Waals surface area contributed by atoms with Gasteiger partial charge in [-0.05, 0) is 49.9 Å². The molecule has 0 amide bonds. The maximum atomic E-state index is 13.7. The average Bonchev–Trinajstić information content (AvgIpc) is 3.01. The summed E-state index contributed by atoms with van der Waals surface area (Å²) in [4.78, 5) is 50.7. The molecule has 0 aliphatic heterocycles. The van der Waals surface area contributed by atoms with E-state index in [1.165, 1.54) is 50.4 Å². The number of nitrogens with zero attached hydrogens (tertiary/aromatic N) is 5. The predicted molar refractivity (Wildman–Crippen MR) is 174 cm³/mol. The van der Waals surface area contributed by atoms with Gasteiger partial charge in [0.25, 0.3) is 5.09 Å². The summed E-state index contributed by atoms with van der Waals surface area (Å²) in [5.41, 5.74) is 1.68. The van der Waals surface area contributed by atoms with Crippen molar-refractivity contribution in [1.82, 2.24) is 9.97 Å². The number of hydrogen-bond acceptors (Lipinski definition) is 15. The number of anilines is 1. The van der Waals surface area contributed by atoms with E-state index in [1.54, 1.807) is 0 Å². The van der Waals surface area contributed by atoms with Crippen LogP contribution in [0, 0.1) is 20.8 Å². The smallest absolute Gasteiger partial charge is 0.308 e. The largest absolute Gasteiger partial charge is 0.466 e. The van der Waals surface area contributed by atoms with E-state index < -0.39 is 57.7 Å². The number of aliphatic hydroxyl groups is 2. The van der Waals surface area contributed by atoms with Crippen molar-refractivity contribution >= 4 is 28.0 Å². The third-order valence-corrected chi connectivity index (χ3v) is 8.15. The van der Waals surface area contributed by atoms with Crippen LogP contribution in [0.15, 0.2) is 35.7 Å². The fourth-order valence-corrected chi connectivity index (χ4v) is 4.66. The number of carbonyl (C=O) groups excluding carboxylic acids is 1. The number of halogens is 1. The predicted octanol–water partition coefficient (Wildman–Crippen LogP) is 3.32. The summed E-state index contributed by atoms with van der Waals surface area (Å²) in [5, 5.41) is 32.8. The molecule has 4 unspecified atom stereocenters. The minimum atomic E-state index is -3.71. The minimum absolute atomic E-state index is 0.00935. The number of rotatable bonds is 22. The molecule has 1 heterocycles. The second-order valence-electron chi connectivity index (χ2n) is 11.3. The first-order chi connectivity index (χ1) is 23.0. The highest BCUT2D eigenvalue weighted by Gasteiger charge is 2.25. The molecule has 0 aliphatic carbocycles. The highest BCUT2D eigenvalue weighted by Crippen LogP contribution is 2.31. The summed E-state index contributed by atoms with van der Waals surface area (Å²) in [6.07, 6.45) is -0.525. The highest BCUT2D eigenvalue weighted by molar-refractivity contribution is 7.92. The molecule has 272 valence electrons. The first kappa shape index (κ1) is 40.8. The molecule has 2 rings (SSSR count). The van der Waals surface area contributed by atoms with Gasteiger partial charge in [0.1, 0.15) is 5.82 Å². The molecule has 0 radical (unpaired) electrons. The van der Waals surface area contributed by atoms with E-state index in [4.69, 9.17) is 9.47 Å². The fraction of sp³-hybridized carbons (Fsp3) is 0.567. The van der Waals surface area contributed by atoms with E-state index >= 15 is 0 Å². The van der Waals surface area contributed by atoms with Gasteiger partial charge in [-0.25, -0.2) is 27.1 Å². The molecule has 0 fully saturated rings. The number of benzene rings is 1. The molecule has 2 aromatic rings. The Hall–Kier alpha value is -4.33. The quantitative estimate of drug-likeness (QED) is 0.0586. The lowest BCUT2D eigenvalue weighted by Crippen LogP contribution is -2.34. The van der Waals surface area contributed by atoms with Crippen molar-refractivity contribution in [3.05, 3.63) is 62.4 Å². The minimum Gasteiger partial charge on any atom is -0.466 e. The normalized spacial score (nSPS) is 14.2. The molecule has 0 saturated heterocycles. The van der Waals surface area contributed by atoms with Crippen molar-refractivity contribution in [1.29, 1.82) is 0 Å². The van der Waals surface area contributed by atoms with Crippen molar-refractivity contribution < 1.29 is 52.1 Å². The fourth-order valence-electron chi connectivity index (χ4n) is 4.28. The zero-order valence-electron chi connectivity index (χ0n) is 27.8. The lowest BCUT2D eigenvalue weighted by Gasteiger charge is -2.20. The maximum absolute atomic E-state index is 13.7. The standard InChI is InChI=1S/C30H42FN5O12S/c1-19(2)28-25(29(21-8-10-22(31)11-9-21)33-30(32-28)35(4)49(5,43)44)13-12-23(37)16-24(38)17-27(39)46-15-7-6-14-45-18-26(48-36(41)42)20(3)47-34-40/h8-13,19-20,23-24,26,37-38H,6-7,14-18H2,1-5H3/b13-12+. The average molecular weight is 716 g/mol. The first-order valence-electron chi connectivity index (χ1n) is 15.2. The number of aromatic nitrogens is 2. The first-order valence-corrected chi connectivity index (χ1v) is 17.1. The van der Waals surface area contributed by atoms with Gasteiger partial charge in [-0.2, -0.15) is 0 Å². The van der Waals surface area contributed by atoms with Crippen LogP contribution in [0.1, 0.15) is 63.6 Å². The molecule has 0 aliphatic rings. The molecular weight excluding hydrogens is 673 g/mol. The lowest BCUT2D eigenvalue weighted by molar-refractivity contribution is -0.771. The summed E-state index contributed by atoms with van der Waals surface area (Å²) in [7, 11) is -2.39. The van der Waals surface area contributed by atoms with E-state index in [-0.39, 0.29) is 38.1 Å². The zero-order chi connectivity index (χ0) is 36.7. The van der Waals surface area contributed by atoms with Gasteiger partial charge >= 0.3 is 5.97 Å². The summed E-state index contributed by atoms with van der Waals surface area (Å²) in [6.45, 7) is 4.94. The Bertz CT molecular complexity index is 1530. The molecule has 0 bridgehead atoms. The molecule has 0 spiro atoms. The van der Waals surface area contributed by atoms with Crippen molar-refractivity contribution in [3.63, 3.8) is 0 Å².